The summed E-state index contributed by atoms with van der Waals surface area (Å²) in [6.45, 7) is 3.75. The number of fused-ring (bicyclic) bond motifs is 1. The van der Waals surface area contributed by atoms with Gasteiger partial charge in [-0.3, -0.25) is 0 Å². The summed E-state index contributed by atoms with van der Waals surface area (Å²) < 4.78 is 19.2. The molecule has 20 heavy (non-hydrogen) atoms. The highest BCUT2D eigenvalue weighted by molar-refractivity contribution is 7.99. The molecule has 0 aromatic heterocycles. The van der Waals surface area contributed by atoms with Crippen molar-refractivity contribution in [3.63, 3.8) is 0 Å². The van der Waals surface area contributed by atoms with Crippen molar-refractivity contribution in [1.29, 1.82) is 0 Å². The average molecular weight is 297 g/mol. The number of halogens is 1. The van der Waals surface area contributed by atoms with Gasteiger partial charge in [-0.15, -0.1) is 11.8 Å². The van der Waals surface area contributed by atoms with Crippen LogP contribution in [0.5, 0.6) is 0 Å². The largest absolute Gasteiger partial charge is 0.462 e. The molecule has 6 heteroatoms. The first-order valence-corrected chi connectivity index (χ1v) is 7.32. The summed E-state index contributed by atoms with van der Waals surface area (Å²) in [6.07, 6.45) is 0.679. The molecule has 0 N–H and O–H groups in total. The van der Waals surface area contributed by atoms with Crippen LogP contribution in [0, 0.1) is 12.7 Å². The molecule has 1 aliphatic heterocycles. The van der Waals surface area contributed by atoms with Gasteiger partial charge in [-0.25, -0.2) is 9.18 Å². The number of ether oxygens (including phenoxy) is 1. The van der Waals surface area contributed by atoms with Gasteiger partial charge in [0.05, 0.1) is 22.8 Å². The fraction of sp³-hybridized carbons (Fsp3) is 0.429. The Morgan fingerprint density at radius 3 is 2.95 bits per heavy atom. The fourth-order valence-corrected chi connectivity index (χ4v) is 3.32. The van der Waals surface area contributed by atoms with Crippen molar-refractivity contribution in [1.82, 2.24) is 0 Å². The van der Waals surface area contributed by atoms with Gasteiger partial charge in [0.25, 0.3) is 0 Å². The number of carbonyl (C=O) groups is 1. The second kappa shape index (κ2) is 6.26. The van der Waals surface area contributed by atoms with E-state index >= 15 is 0 Å². The number of rotatable bonds is 3. The zero-order valence-corrected chi connectivity index (χ0v) is 12.5. The van der Waals surface area contributed by atoms with Crippen molar-refractivity contribution < 1.29 is 18.8 Å². The van der Waals surface area contributed by atoms with Crippen molar-refractivity contribution in [2.24, 2.45) is 5.16 Å². The smallest absolute Gasteiger partial charge is 0.338 e. The minimum Gasteiger partial charge on any atom is -0.462 e. The van der Waals surface area contributed by atoms with Gasteiger partial charge in [0.1, 0.15) is 12.9 Å². The lowest BCUT2D eigenvalue weighted by Crippen LogP contribution is -2.17. The van der Waals surface area contributed by atoms with Crippen LogP contribution in [0.2, 0.25) is 0 Å². The van der Waals surface area contributed by atoms with Crippen LogP contribution in [0.15, 0.2) is 16.1 Å². The molecule has 0 radical (unpaired) electrons. The Morgan fingerprint density at radius 1 is 1.55 bits per heavy atom. The van der Waals surface area contributed by atoms with Gasteiger partial charge >= 0.3 is 5.97 Å². The van der Waals surface area contributed by atoms with Crippen LogP contribution < -0.4 is 0 Å². The van der Waals surface area contributed by atoms with E-state index in [1.807, 2.05) is 0 Å². The molecule has 1 aromatic carbocycles. The highest BCUT2D eigenvalue weighted by Crippen LogP contribution is 2.36. The molecule has 4 nitrogen and oxygen atoms in total. The van der Waals surface area contributed by atoms with Crippen LogP contribution in [-0.4, -0.2) is 31.2 Å². The Hall–Kier alpha value is -1.56. The average Bonchev–Trinajstić information content (AvgIpc) is 2.43. The van der Waals surface area contributed by atoms with Crippen molar-refractivity contribution in [2.75, 3.05) is 19.5 Å². The van der Waals surface area contributed by atoms with E-state index in [9.17, 15) is 9.18 Å². The number of thioether (sulfide) groups is 1. The van der Waals surface area contributed by atoms with E-state index in [2.05, 4.69) is 5.16 Å². The van der Waals surface area contributed by atoms with Crippen LogP contribution in [0.25, 0.3) is 0 Å². The van der Waals surface area contributed by atoms with Gasteiger partial charge in [0, 0.05) is 17.7 Å². The molecule has 108 valence electrons. The molecule has 0 saturated heterocycles. The number of hydrogen-bond donors (Lipinski definition) is 0. The normalized spacial score (nSPS) is 15.9. The van der Waals surface area contributed by atoms with Crippen LogP contribution >= 0.6 is 11.8 Å². The molecule has 0 fully saturated rings. The maximum absolute atomic E-state index is 14.2. The first-order valence-electron chi connectivity index (χ1n) is 6.33. The summed E-state index contributed by atoms with van der Waals surface area (Å²) in [6, 6.07) is 1.24. The molecule has 0 saturated carbocycles. The predicted octanol–water partition coefficient (Wildman–Crippen LogP) is 3.16. The van der Waals surface area contributed by atoms with Crippen LogP contribution in [0.4, 0.5) is 4.39 Å². The maximum Gasteiger partial charge on any atom is 0.338 e. The lowest BCUT2D eigenvalue weighted by molar-refractivity contribution is 0.0524. The third kappa shape index (κ3) is 2.65. The predicted molar refractivity (Wildman–Crippen MR) is 76.0 cm³/mol. The van der Waals surface area contributed by atoms with Crippen molar-refractivity contribution in [3.8, 4) is 0 Å². The van der Waals surface area contributed by atoms with Crippen LogP contribution in [0.1, 0.15) is 34.8 Å². The number of oxime groups is 1. The Labute approximate surface area is 121 Å². The summed E-state index contributed by atoms with van der Waals surface area (Å²) in [7, 11) is 1.45. The molecule has 1 aliphatic rings. The highest BCUT2D eigenvalue weighted by Gasteiger charge is 2.26. The topological polar surface area (TPSA) is 47.9 Å². The van der Waals surface area contributed by atoms with Gasteiger partial charge in [0.2, 0.25) is 0 Å². The molecule has 0 amide bonds. The molecule has 0 aliphatic carbocycles. The first-order chi connectivity index (χ1) is 9.60. The zero-order valence-electron chi connectivity index (χ0n) is 11.7. The first kappa shape index (κ1) is 14.8. The summed E-state index contributed by atoms with van der Waals surface area (Å²) in [4.78, 5) is 17.2. The molecular formula is C14H16FNO3S. The van der Waals surface area contributed by atoms with E-state index in [0.717, 1.165) is 5.75 Å². The van der Waals surface area contributed by atoms with Gasteiger partial charge in [-0.1, -0.05) is 5.16 Å². The van der Waals surface area contributed by atoms with E-state index in [1.54, 1.807) is 13.8 Å². The fourth-order valence-electron chi connectivity index (χ4n) is 2.21. The molecule has 0 spiro atoms. The van der Waals surface area contributed by atoms with Crippen molar-refractivity contribution in [2.45, 2.75) is 25.2 Å². The Bertz CT molecular complexity index is 572. The summed E-state index contributed by atoms with van der Waals surface area (Å²) in [5.41, 5.74) is 2.26. The van der Waals surface area contributed by atoms with Crippen molar-refractivity contribution in [3.05, 3.63) is 28.6 Å². The molecule has 1 heterocycles. The minimum absolute atomic E-state index is 0.245. The lowest BCUT2D eigenvalue weighted by Gasteiger charge is -2.21. The molecule has 0 atom stereocenters. The van der Waals surface area contributed by atoms with E-state index in [4.69, 9.17) is 9.57 Å². The third-order valence-corrected chi connectivity index (χ3v) is 4.16. The number of carbonyl (C=O) groups excluding carboxylic acids is 1. The Kier molecular flexibility index (Phi) is 4.65. The second-order valence-electron chi connectivity index (χ2n) is 4.27. The van der Waals surface area contributed by atoms with Crippen molar-refractivity contribution >= 4 is 23.4 Å². The molecule has 0 unspecified atom stereocenters. The highest BCUT2D eigenvalue weighted by atomic mass is 32.2. The summed E-state index contributed by atoms with van der Waals surface area (Å²) >= 11 is 1.43. The molecule has 1 aromatic rings. The molecule has 0 bridgehead atoms. The Balaban J connectivity index is 2.60. The van der Waals surface area contributed by atoms with Gasteiger partial charge in [-0.05, 0) is 25.5 Å². The third-order valence-electron chi connectivity index (χ3n) is 3.06. The van der Waals surface area contributed by atoms with E-state index in [1.165, 1.54) is 24.9 Å². The van der Waals surface area contributed by atoms with E-state index in [-0.39, 0.29) is 12.2 Å². The van der Waals surface area contributed by atoms with E-state index < -0.39 is 11.8 Å². The molecular weight excluding hydrogens is 281 g/mol. The quantitative estimate of drug-likeness (QED) is 0.635. The van der Waals surface area contributed by atoms with E-state index in [0.29, 0.717) is 28.2 Å². The molecule has 2 rings (SSSR count). The van der Waals surface area contributed by atoms with Gasteiger partial charge in [0.15, 0.2) is 0 Å². The lowest BCUT2D eigenvalue weighted by atomic mass is 9.96. The standard InChI is InChI=1S/C14H16FNO3S/c1-4-19-14(17)9-7-10(15)13-12(8(9)2)11(16-18-3)5-6-20-13/h7H,4-6H2,1-3H3. The van der Waals surface area contributed by atoms with Crippen LogP contribution in [0.3, 0.4) is 0 Å². The Morgan fingerprint density at radius 2 is 2.30 bits per heavy atom. The van der Waals surface area contributed by atoms with Gasteiger partial charge < -0.3 is 9.57 Å². The zero-order chi connectivity index (χ0) is 14.7. The maximum atomic E-state index is 14.2. The number of esters is 1. The van der Waals surface area contributed by atoms with Gasteiger partial charge in [-0.2, -0.15) is 0 Å². The van der Waals surface area contributed by atoms with Crippen LogP contribution in [-0.2, 0) is 9.57 Å². The SMILES string of the molecule is CCOC(=O)c1cc(F)c2c(c1C)C(=NOC)CCS2. The monoisotopic (exact) mass is 297 g/mol. The second-order valence-corrected chi connectivity index (χ2v) is 5.38. The number of hydrogen-bond acceptors (Lipinski definition) is 5. The summed E-state index contributed by atoms with van der Waals surface area (Å²) in [5.74, 6) is -0.189. The number of nitrogens with zero attached hydrogens (tertiary/aromatic N) is 1. The number of benzene rings is 1. The summed E-state index contributed by atoms with van der Waals surface area (Å²) in [5, 5.41) is 3.96. The minimum atomic E-state index is -0.515.